The summed E-state index contributed by atoms with van der Waals surface area (Å²) in [6.07, 6.45) is -1.61. The summed E-state index contributed by atoms with van der Waals surface area (Å²) in [4.78, 5) is 0. The number of aromatic amines is 2. The molecule has 10 heteroatoms. The highest BCUT2D eigenvalue weighted by molar-refractivity contribution is 5.61. The summed E-state index contributed by atoms with van der Waals surface area (Å²) in [7, 11) is 0. The second-order valence-electron chi connectivity index (χ2n) is 11.1. The van der Waals surface area contributed by atoms with Crippen molar-refractivity contribution < 1.29 is 10.2 Å². The van der Waals surface area contributed by atoms with Crippen LogP contribution >= 0.6 is 0 Å². The maximum Gasteiger partial charge on any atom is 0.181 e. The van der Waals surface area contributed by atoms with E-state index in [1.807, 2.05) is 22.9 Å². The number of aromatic nitrogens is 8. The maximum absolute atomic E-state index is 11.5. The van der Waals surface area contributed by atoms with E-state index in [0.29, 0.717) is 11.3 Å². The second-order valence-corrected chi connectivity index (χ2v) is 11.1. The van der Waals surface area contributed by atoms with Crippen molar-refractivity contribution in [2.75, 3.05) is 0 Å². The maximum atomic E-state index is 11.5. The van der Waals surface area contributed by atoms with Gasteiger partial charge in [0.15, 0.2) is 11.3 Å². The minimum absolute atomic E-state index is 0.227. The van der Waals surface area contributed by atoms with Crippen LogP contribution in [0.25, 0.3) is 11.3 Å². The lowest BCUT2D eigenvalue weighted by Gasteiger charge is -2.47. The van der Waals surface area contributed by atoms with Gasteiger partial charge in [0.2, 0.25) is 0 Å². The number of fused-ring (bicyclic) bond motifs is 2. The Morgan fingerprint density at radius 1 is 0.656 bits per heavy atom. The van der Waals surface area contributed by atoms with E-state index in [4.69, 9.17) is 0 Å². The Hall–Kier alpha value is -2.72. The fraction of sp³-hybridized carbons (Fsp3) is 0.636. The molecule has 1 aliphatic carbocycles. The third kappa shape index (κ3) is 2.72. The number of hydrogen-bond acceptors (Lipinski definition) is 6. The van der Waals surface area contributed by atoms with E-state index in [9.17, 15) is 10.2 Å². The quantitative estimate of drug-likeness (QED) is 0.378. The number of hydrogen-bond donors (Lipinski definition) is 4. The predicted octanol–water partition coefficient (Wildman–Crippen LogP) is 2.24. The molecule has 0 saturated heterocycles. The molecule has 0 radical (unpaired) electrons. The fourth-order valence-corrected chi connectivity index (χ4v) is 5.07. The Bertz CT molecular complexity index is 1220. The third-order valence-corrected chi connectivity index (χ3v) is 6.76. The normalized spacial score (nSPS) is 24.6. The lowest BCUT2D eigenvalue weighted by molar-refractivity contribution is -0.0786. The van der Waals surface area contributed by atoms with Crippen LogP contribution in [0.15, 0.2) is 0 Å². The molecular weight excluding hydrogens is 408 g/mol. The highest BCUT2D eigenvalue weighted by atomic mass is 16.3. The van der Waals surface area contributed by atoms with E-state index >= 15 is 0 Å². The Balaban J connectivity index is 1.65. The van der Waals surface area contributed by atoms with Crippen LogP contribution in [-0.2, 0) is 10.8 Å². The van der Waals surface area contributed by atoms with Gasteiger partial charge in [-0.1, -0.05) is 41.5 Å². The molecule has 0 aliphatic heterocycles. The number of rotatable bonds is 2. The molecule has 0 aromatic carbocycles. The molecule has 5 rings (SSSR count). The lowest BCUT2D eigenvalue weighted by Crippen LogP contribution is -2.52. The van der Waals surface area contributed by atoms with Crippen molar-refractivity contribution in [2.45, 2.75) is 90.3 Å². The Kier molecular flexibility index (Phi) is 4.24. The van der Waals surface area contributed by atoms with Crippen LogP contribution in [0.5, 0.6) is 0 Å². The minimum Gasteiger partial charge on any atom is -0.392 e. The Morgan fingerprint density at radius 3 is 1.31 bits per heavy atom. The highest BCUT2D eigenvalue weighted by Crippen LogP contribution is 2.53. The van der Waals surface area contributed by atoms with Crippen LogP contribution in [0.3, 0.4) is 0 Å². The lowest BCUT2D eigenvalue weighted by atomic mass is 9.61. The predicted molar refractivity (Wildman–Crippen MR) is 119 cm³/mol. The molecule has 0 bridgehead atoms. The number of nitrogens with one attached hydrogen (secondary N) is 2. The molecule has 172 valence electrons. The van der Waals surface area contributed by atoms with E-state index in [1.165, 1.54) is 0 Å². The summed E-state index contributed by atoms with van der Waals surface area (Å²) < 4.78 is 3.67. The van der Waals surface area contributed by atoms with E-state index in [0.717, 1.165) is 34.2 Å². The summed E-state index contributed by atoms with van der Waals surface area (Å²) in [6, 6.07) is 0. The van der Waals surface area contributed by atoms with Crippen molar-refractivity contribution >= 4 is 11.3 Å². The van der Waals surface area contributed by atoms with Gasteiger partial charge in [-0.2, -0.15) is 0 Å². The first-order chi connectivity index (χ1) is 14.8. The van der Waals surface area contributed by atoms with Gasteiger partial charge in [0.05, 0.1) is 12.2 Å². The van der Waals surface area contributed by atoms with E-state index < -0.39 is 24.0 Å². The van der Waals surface area contributed by atoms with Gasteiger partial charge in [0.1, 0.15) is 11.6 Å². The van der Waals surface area contributed by atoms with Gasteiger partial charge < -0.3 is 10.2 Å². The molecule has 1 aliphatic rings. The van der Waals surface area contributed by atoms with Crippen LogP contribution in [0, 0.1) is 13.8 Å². The van der Waals surface area contributed by atoms with E-state index in [1.54, 1.807) is 0 Å². The first kappa shape index (κ1) is 21.1. The van der Waals surface area contributed by atoms with Gasteiger partial charge in [0.25, 0.3) is 0 Å². The summed E-state index contributed by atoms with van der Waals surface area (Å²) in [5.74, 6) is 0.493. The van der Waals surface area contributed by atoms with Crippen molar-refractivity contribution in [2.24, 2.45) is 0 Å². The standard InChI is InChI=1S/C22H32N8O2/c1-9-23-25-19-13(17(21(3,4)5)27-29(9)19)11-15(31)12(16(11)32)14-18(22(6,7)8)28-30-10(2)24-26-20(14)30/h11-12,15-16,27-28,31-32H,1-8H3. The first-order valence-electron chi connectivity index (χ1n) is 11.1. The summed E-state index contributed by atoms with van der Waals surface area (Å²) in [5.41, 5.74) is 4.41. The van der Waals surface area contributed by atoms with E-state index in [-0.39, 0.29) is 10.8 Å². The molecule has 0 spiro atoms. The number of H-pyrrole nitrogens is 2. The number of aryl methyl sites for hydroxylation is 2. The Labute approximate surface area is 186 Å². The average molecular weight is 441 g/mol. The van der Waals surface area contributed by atoms with Gasteiger partial charge in [-0.3, -0.25) is 10.2 Å². The van der Waals surface area contributed by atoms with E-state index in [2.05, 4.69) is 72.1 Å². The van der Waals surface area contributed by atoms with Gasteiger partial charge in [-0.05, 0) is 13.8 Å². The van der Waals surface area contributed by atoms with Crippen molar-refractivity contribution in [1.29, 1.82) is 0 Å². The monoisotopic (exact) mass is 440 g/mol. The molecule has 10 nitrogen and oxygen atoms in total. The molecule has 4 heterocycles. The topological polar surface area (TPSA) is 132 Å². The first-order valence-corrected chi connectivity index (χ1v) is 11.1. The van der Waals surface area contributed by atoms with Crippen molar-refractivity contribution in [3.8, 4) is 0 Å². The van der Waals surface area contributed by atoms with Gasteiger partial charge in [0, 0.05) is 45.2 Å². The molecule has 0 unspecified atom stereocenters. The average Bonchev–Trinajstić information content (AvgIpc) is 3.40. The summed E-state index contributed by atoms with van der Waals surface area (Å²) in [5, 5.41) is 46.8. The number of aliphatic hydroxyl groups excluding tert-OH is 2. The third-order valence-electron chi connectivity index (χ3n) is 6.76. The van der Waals surface area contributed by atoms with Gasteiger partial charge >= 0.3 is 0 Å². The van der Waals surface area contributed by atoms with Crippen LogP contribution in [0.1, 0.15) is 87.5 Å². The van der Waals surface area contributed by atoms with Crippen LogP contribution in [-0.4, -0.2) is 62.0 Å². The molecule has 4 N–H and O–H groups in total. The molecule has 1 fully saturated rings. The van der Waals surface area contributed by atoms with Gasteiger partial charge in [-0.15, -0.1) is 20.4 Å². The molecule has 1 saturated carbocycles. The van der Waals surface area contributed by atoms with Crippen molar-refractivity contribution in [3.63, 3.8) is 0 Å². The van der Waals surface area contributed by atoms with Crippen molar-refractivity contribution in [3.05, 3.63) is 34.2 Å². The van der Waals surface area contributed by atoms with Crippen LogP contribution in [0.4, 0.5) is 0 Å². The second kappa shape index (κ2) is 6.41. The fourth-order valence-electron chi connectivity index (χ4n) is 5.07. The largest absolute Gasteiger partial charge is 0.392 e. The van der Waals surface area contributed by atoms with Crippen molar-refractivity contribution in [1.82, 2.24) is 39.6 Å². The minimum atomic E-state index is -0.805. The molecule has 4 aromatic heterocycles. The van der Waals surface area contributed by atoms with Crippen LogP contribution < -0.4 is 0 Å². The smallest absolute Gasteiger partial charge is 0.181 e. The zero-order valence-corrected chi connectivity index (χ0v) is 19.9. The zero-order valence-electron chi connectivity index (χ0n) is 19.9. The number of nitrogens with zero attached hydrogens (tertiary/aromatic N) is 6. The highest BCUT2D eigenvalue weighted by Gasteiger charge is 2.55. The molecular formula is C22H32N8O2. The summed E-state index contributed by atoms with van der Waals surface area (Å²) >= 11 is 0. The SMILES string of the molecule is Cc1nnc2c(C3C(O)C(c4c(C(C)(C)C)[nH]n5c(C)nnc45)C3O)c(C(C)(C)C)[nH]n12. The number of aliphatic hydroxyl groups is 2. The molecule has 32 heavy (non-hydrogen) atoms. The van der Waals surface area contributed by atoms with Gasteiger partial charge in [-0.25, -0.2) is 9.03 Å². The zero-order chi connectivity index (χ0) is 23.3. The molecule has 0 amide bonds. The molecule has 4 aromatic rings. The summed E-state index contributed by atoms with van der Waals surface area (Å²) in [6.45, 7) is 16.4. The Morgan fingerprint density at radius 2 is 1.00 bits per heavy atom. The molecule has 0 atom stereocenters. The van der Waals surface area contributed by atoms with Crippen LogP contribution in [0.2, 0.25) is 0 Å².